The molecule has 1 rings (SSSR count). The third-order valence-corrected chi connectivity index (χ3v) is 2.49. The van der Waals surface area contributed by atoms with Gasteiger partial charge in [-0.3, -0.25) is 4.79 Å². The number of nitrogens with one attached hydrogen (secondary N) is 1. The van der Waals surface area contributed by atoms with Gasteiger partial charge in [0.25, 0.3) is 0 Å². The van der Waals surface area contributed by atoms with E-state index < -0.39 is 0 Å². The second kappa shape index (κ2) is 7.68. The largest absolute Gasteiger partial charge is 0.508 e. The van der Waals surface area contributed by atoms with Crippen LogP contribution in [0.15, 0.2) is 24.3 Å². The summed E-state index contributed by atoms with van der Waals surface area (Å²) in [5, 5.41) is 12.1. The van der Waals surface area contributed by atoms with Crippen LogP contribution < -0.4 is 11.1 Å². The summed E-state index contributed by atoms with van der Waals surface area (Å²) in [6.45, 7) is 1.02. The standard InChI is InChI=1S/C13H20N2O3/c1-18-9-11(14)5-6-15-13(17)8-10-3-2-4-12(16)7-10/h2-4,7,11,16H,5-6,8-9,14H2,1H3,(H,15,17). The van der Waals surface area contributed by atoms with Crippen molar-refractivity contribution >= 4 is 5.91 Å². The quantitative estimate of drug-likeness (QED) is 0.656. The van der Waals surface area contributed by atoms with Crippen LogP contribution in [0, 0.1) is 0 Å². The third kappa shape index (κ3) is 5.65. The van der Waals surface area contributed by atoms with Gasteiger partial charge in [-0.2, -0.15) is 0 Å². The van der Waals surface area contributed by atoms with Gasteiger partial charge in [0.05, 0.1) is 13.0 Å². The van der Waals surface area contributed by atoms with Crippen LogP contribution >= 0.6 is 0 Å². The lowest BCUT2D eigenvalue weighted by atomic mass is 10.1. The van der Waals surface area contributed by atoms with Gasteiger partial charge in [0.1, 0.15) is 5.75 Å². The molecule has 0 radical (unpaired) electrons. The highest BCUT2D eigenvalue weighted by molar-refractivity contribution is 5.78. The van der Waals surface area contributed by atoms with Crippen molar-refractivity contribution in [2.24, 2.45) is 5.73 Å². The number of aromatic hydroxyl groups is 1. The van der Waals surface area contributed by atoms with Crippen LogP contribution in [0.25, 0.3) is 0 Å². The normalized spacial score (nSPS) is 12.1. The minimum atomic E-state index is -0.0785. The molecule has 1 atom stereocenters. The van der Waals surface area contributed by atoms with Crippen LogP contribution in [0.2, 0.25) is 0 Å². The van der Waals surface area contributed by atoms with E-state index in [4.69, 9.17) is 10.5 Å². The van der Waals surface area contributed by atoms with E-state index >= 15 is 0 Å². The topological polar surface area (TPSA) is 84.6 Å². The van der Waals surface area contributed by atoms with E-state index in [1.807, 2.05) is 0 Å². The maximum Gasteiger partial charge on any atom is 0.224 e. The van der Waals surface area contributed by atoms with E-state index in [1.165, 1.54) is 0 Å². The number of carbonyl (C=O) groups excluding carboxylic acids is 1. The molecule has 5 heteroatoms. The summed E-state index contributed by atoms with van der Waals surface area (Å²) >= 11 is 0. The maximum absolute atomic E-state index is 11.6. The first-order valence-electron chi connectivity index (χ1n) is 5.91. The van der Waals surface area contributed by atoms with Gasteiger partial charge in [0.2, 0.25) is 5.91 Å². The Morgan fingerprint density at radius 2 is 2.33 bits per heavy atom. The molecule has 0 heterocycles. The van der Waals surface area contributed by atoms with Crippen molar-refractivity contribution < 1.29 is 14.6 Å². The van der Waals surface area contributed by atoms with Crippen LogP contribution in [-0.4, -0.2) is 37.3 Å². The highest BCUT2D eigenvalue weighted by Crippen LogP contribution is 2.11. The van der Waals surface area contributed by atoms with Crippen molar-refractivity contribution in [3.05, 3.63) is 29.8 Å². The number of phenols is 1. The Morgan fingerprint density at radius 1 is 1.56 bits per heavy atom. The third-order valence-electron chi connectivity index (χ3n) is 2.49. The highest BCUT2D eigenvalue weighted by Gasteiger charge is 2.05. The van der Waals surface area contributed by atoms with E-state index in [9.17, 15) is 9.90 Å². The fraction of sp³-hybridized carbons (Fsp3) is 0.462. The molecule has 100 valence electrons. The highest BCUT2D eigenvalue weighted by atomic mass is 16.5. The lowest BCUT2D eigenvalue weighted by Crippen LogP contribution is -2.33. The number of ether oxygens (including phenoxy) is 1. The van der Waals surface area contributed by atoms with Gasteiger partial charge < -0.3 is 20.9 Å². The smallest absolute Gasteiger partial charge is 0.224 e. The Hall–Kier alpha value is -1.59. The minimum absolute atomic E-state index is 0.0592. The molecule has 0 aliphatic rings. The second-order valence-electron chi connectivity index (χ2n) is 4.20. The summed E-state index contributed by atoms with van der Waals surface area (Å²) in [6.07, 6.45) is 0.938. The molecule has 0 fully saturated rings. The molecule has 1 unspecified atom stereocenters. The average Bonchev–Trinajstić information content (AvgIpc) is 2.29. The van der Waals surface area contributed by atoms with Crippen LogP contribution in [0.4, 0.5) is 0 Å². The van der Waals surface area contributed by atoms with Crippen LogP contribution in [0.1, 0.15) is 12.0 Å². The molecule has 0 aromatic heterocycles. The predicted octanol–water partition coefficient (Wildman–Crippen LogP) is 0.415. The fourth-order valence-electron chi connectivity index (χ4n) is 1.61. The van der Waals surface area contributed by atoms with Gasteiger partial charge in [0.15, 0.2) is 0 Å². The average molecular weight is 252 g/mol. The zero-order valence-corrected chi connectivity index (χ0v) is 10.6. The summed E-state index contributed by atoms with van der Waals surface area (Å²) in [5.41, 5.74) is 6.52. The molecule has 0 aliphatic heterocycles. The second-order valence-corrected chi connectivity index (χ2v) is 4.20. The Balaban J connectivity index is 2.25. The number of nitrogens with two attached hydrogens (primary N) is 1. The Kier molecular flexibility index (Phi) is 6.18. The van der Waals surface area contributed by atoms with E-state index in [-0.39, 0.29) is 24.1 Å². The molecular weight excluding hydrogens is 232 g/mol. The number of phenolic OH excluding ortho intramolecular Hbond substituents is 1. The zero-order chi connectivity index (χ0) is 13.4. The van der Waals surface area contributed by atoms with Gasteiger partial charge in [0, 0.05) is 19.7 Å². The zero-order valence-electron chi connectivity index (χ0n) is 10.6. The molecular formula is C13H20N2O3. The van der Waals surface area contributed by atoms with Crippen molar-refractivity contribution in [3.8, 4) is 5.75 Å². The van der Waals surface area contributed by atoms with Gasteiger partial charge in [-0.05, 0) is 24.1 Å². The molecule has 18 heavy (non-hydrogen) atoms. The Labute approximate surface area is 107 Å². The number of benzene rings is 1. The van der Waals surface area contributed by atoms with Crippen molar-refractivity contribution in [1.82, 2.24) is 5.32 Å². The van der Waals surface area contributed by atoms with E-state index in [0.29, 0.717) is 19.6 Å². The molecule has 0 saturated carbocycles. The summed E-state index contributed by atoms with van der Waals surface area (Å²) in [7, 11) is 1.60. The number of carbonyl (C=O) groups is 1. The van der Waals surface area contributed by atoms with Crippen molar-refractivity contribution in [1.29, 1.82) is 0 Å². The summed E-state index contributed by atoms with van der Waals surface area (Å²) in [6, 6.07) is 6.61. The first-order chi connectivity index (χ1) is 8.61. The lowest BCUT2D eigenvalue weighted by Gasteiger charge is -2.11. The minimum Gasteiger partial charge on any atom is -0.508 e. The van der Waals surface area contributed by atoms with Crippen molar-refractivity contribution in [2.45, 2.75) is 18.9 Å². The lowest BCUT2D eigenvalue weighted by molar-refractivity contribution is -0.120. The summed E-state index contributed by atoms with van der Waals surface area (Å²) < 4.78 is 4.90. The number of amides is 1. The molecule has 0 bridgehead atoms. The van der Waals surface area contributed by atoms with Crippen molar-refractivity contribution in [2.75, 3.05) is 20.3 Å². The predicted molar refractivity (Wildman–Crippen MR) is 69.3 cm³/mol. The van der Waals surface area contributed by atoms with Gasteiger partial charge in [-0.1, -0.05) is 12.1 Å². The number of hydrogen-bond acceptors (Lipinski definition) is 4. The maximum atomic E-state index is 11.6. The van der Waals surface area contributed by atoms with Gasteiger partial charge in [-0.15, -0.1) is 0 Å². The molecule has 1 amide bonds. The Morgan fingerprint density at radius 3 is 3.00 bits per heavy atom. The number of rotatable bonds is 7. The van der Waals surface area contributed by atoms with E-state index in [2.05, 4.69) is 5.32 Å². The van der Waals surface area contributed by atoms with Crippen LogP contribution in [0.3, 0.4) is 0 Å². The van der Waals surface area contributed by atoms with E-state index in [0.717, 1.165) is 5.56 Å². The van der Waals surface area contributed by atoms with Gasteiger partial charge >= 0.3 is 0 Å². The molecule has 0 saturated heterocycles. The van der Waals surface area contributed by atoms with Gasteiger partial charge in [-0.25, -0.2) is 0 Å². The SMILES string of the molecule is COCC(N)CCNC(=O)Cc1cccc(O)c1. The summed E-state index contributed by atoms with van der Waals surface area (Å²) in [5.74, 6) is 0.0904. The molecule has 0 spiro atoms. The van der Waals surface area contributed by atoms with Crippen LogP contribution in [-0.2, 0) is 16.0 Å². The number of hydrogen-bond donors (Lipinski definition) is 3. The molecule has 5 nitrogen and oxygen atoms in total. The monoisotopic (exact) mass is 252 g/mol. The molecule has 0 aliphatic carbocycles. The molecule has 1 aromatic carbocycles. The summed E-state index contributed by atoms with van der Waals surface area (Å²) in [4.78, 5) is 11.6. The fourth-order valence-corrected chi connectivity index (χ4v) is 1.61. The first kappa shape index (κ1) is 14.5. The van der Waals surface area contributed by atoms with Crippen LogP contribution in [0.5, 0.6) is 5.75 Å². The number of methoxy groups -OCH3 is 1. The molecule has 1 aromatic rings. The van der Waals surface area contributed by atoms with E-state index in [1.54, 1.807) is 31.4 Å². The molecule has 4 N–H and O–H groups in total. The first-order valence-corrected chi connectivity index (χ1v) is 5.91. The Bertz CT molecular complexity index is 382. The van der Waals surface area contributed by atoms with Crippen molar-refractivity contribution in [3.63, 3.8) is 0 Å².